The molecule has 2 rings (SSSR count). The molecule has 1 unspecified atom stereocenters. The second-order valence-corrected chi connectivity index (χ2v) is 5.73. The zero-order valence-corrected chi connectivity index (χ0v) is 14.1. The number of rotatable bonds is 6. The number of aryl methyl sites for hydroxylation is 1. The second kappa shape index (κ2) is 7.12. The molecule has 9 heteroatoms. The number of nitrogens with two attached hydrogens (primary N) is 1. The average molecular weight is 345 g/mol. The van der Waals surface area contributed by atoms with Gasteiger partial charge in [-0.05, 0) is 38.5 Å². The van der Waals surface area contributed by atoms with Crippen LogP contribution < -0.4 is 11.1 Å². The molecule has 132 valence electrons. The van der Waals surface area contributed by atoms with E-state index in [2.05, 4.69) is 10.4 Å². The molecule has 1 aromatic carbocycles. The van der Waals surface area contributed by atoms with Crippen molar-refractivity contribution in [1.82, 2.24) is 15.1 Å². The molecule has 2 aromatic rings. The van der Waals surface area contributed by atoms with Crippen LogP contribution in [0.5, 0.6) is 0 Å². The molecular formula is C16H19N5O4. The maximum Gasteiger partial charge on any atom is 0.312 e. The number of carbonyl (C=O) groups excluding carboxylic acids is 2. The summed E-state index contributed by atoms with van der Waals surface area (Å²) in [6, 6.07) is 5.91. The van der Waals surface area contributed by atoms with Crippen molar-refractivity contribution < 1.29 is 14.5 Å². The molecule has 2 amide bonds. The van der Waals surface area contributed by atoms with E-state index < -0.39 is 22.8 Å². The first-order valence-electron chi connectivity index (χ1n) is 7.58. The monoisotopic (exact) mass is 345 g/mol. The summed E-state index contributed by atoms with van der Waals surface area (Å²) in [4.78, 5) is 33.6. The minimum Gasteiger partial charge on any atom is -0.368 e. The number of carbonyl (C=O) groups is 2. The molecule has 0 saturated heterocycles. The normalized spacial score (nSPS) is 11.8. The minimum atomic E-state index is -0.762. The number of aromatic nitrogens is 2. The van der Waals surface area contributed by atoms with Crippen LogP contribution in [0.3, 0.4) is 0 Å². The lowest BCUT2D eigenvalue weighted by Crippen LogP contribution is -2.42. The zero-order chi connectivity index (χ0) is 18.7. The fourth-order valence-electron chi connectivity index (χ4n) is 2.39. The highest BCUT2D eigenvalue weighted by atomic mass is 16.6. The molecule has 0 fully saturated rings. The van der Waals surface area contributed by atoms with Gasteiger partial charge in [-0.1, -0.05) is 12.1 Å². The third-order valence-corrected chi connectivity index (χ3v) is 3.85. The smallest absolute Gasteiger partial charge is 0.312 e. The third kappa shape index (κ3) is 4.00. The van der Waals surface area contributed by atoms with Gasteiger partial charge in [0.15, 0.2) is 0 Å². The van der Waals surface area contributed by atoms with Gasteiger partial charge in [-0.15, -0.1) is 0 Å². The van der Waals surface area contributed by atoms with Gasteiger partial charge in [-0.3, -0.25) is 24.4 Å². The van der Waals surface area contributed by atoms with Crippen LogP contribution in [0.15, 0.2) is 24.3 Å². The molecule has 1 atom stereocenters. The summed E-state index contributed by atoms with van der Waals surface area (Å²) < 4.78 is 1.55. The first-order valence-corrected chi connectivity index (χ1v) is 7.58. The van der Waals surface area contributed by atoms with Crippen LogP contribution in [-0.2, 0) is 11.3 Å². The Kier molecular flexibility index (Phi) is 5.16. The van der Waals surface area contributed by atoms with Crippen LogP contribution in [0.1, 0.15) is 34.2 Å². The van der Waals surface area contributed by atoms with E-state index in [1.54, 1.807) is 42.8 Å². The van der Waals surface area contributed by atoms with E-state index in [4.69, 9.17) is 5.73 Å². The average Bonchev–Trinajstić information content (AvgIpc) is 2.81. The number of primary amides is 1. The van der Waals surface area contributed by atoms with Crippen LogP contribution >= 0.6 is 0 Å². The van der Waals surface area contributed by atoms with Gasteiger partial charge in [0, 0.05) is 5.56 Å². The molecule has 0 radical (unpaired) electrons. The highest BCUT2D eigenvalue weighted by molar-refractivity contribution is 5.97. The summed E-state index contributed by atoms with van der Waals surface area (Å²) in [6.07, 6.45) is 0. The van der Waals surface area contributed by atoms with E-state index in [0.29, 0.717) is 23.5 Å². The van der Waals surface area contributed by atoms with E-state index >= 15 is 0 Å². The molecule has 0 aliphatic carbocycles. The predicted octanol–water partition coefficient (Wildman–Crippen LogP) is 1.06. The van der Waals surface area contributed by atoms with Crippen molar-refractivity contribution in [3.05, 3.63) is 56.9 Å². The van der Waals surface area contributed by atoms with Crippen molar-refractivity contribution in [3.63, 3.8) is 0 Å². The Bertz CT molecular complexity index is 826. The Balaban J connectivity index is 2.13. The Morgan fingerprint density at radius 3 is 2.40 bits per heavy atom. The summed E-state index contributed by atoms with van der Waals surface area (Å²) in [5.74, 6) is -1.02. The largest absolute Gasteiger partial charge is 0.368 e. The number of benzene rings is 1. The lowest BCUT2D eigenvalue weighted by atomic mass is 10.1. The molecule has 1 aromatic heterocycles. The van der Waals surface area contributed by atoms with Crippen molar-refractivity contribution in [3.8, 4) is 0 Å². The Morgan fingerprint density at radius 2 is 1.92 bits per heavy atom. The summed E-state index contributed by atoms with van der Waals surface area (Å²) in [6.45, 7) is 5.09. The molecule has 0 bridgehead atoms. The second-order valence-electron chi connectivity index (χ2n) is 5.73. The van der Waals surface area contributed by atoms with Crippen LogP contribution in [0, 0.1) is 24.0 Å². The van der Waals surface area contributed by atoms with Crippen molar-refractivity contribution >= 4 is 17.5 Å². The van der Waals surface area contributed by atoms with Crippen molar-refractivity contribution in [2.45, 2.75) is 33.4 Å². The topological polar surface area (TPSA) is 133 Å². The SMILES string of the molecule is Cc1nn(Cc2ccc(C(=O)NC(C)C(N)=O)cc2)c(C)c1[N+](=O)[O-]. The number of hydrogen-bond acceptors (Lipinski definition) is 5. The van der Waals surface area contributed by atoms with Crippen LogP contribution in [0.25, 0.3) is 0 Å². The molecule has 3 N–H and O–H groups in total. The first kappa shape index (κ1) is 18.1. The highest BCUT2D eigenvalue weighted by Crippen LogP contribution is 2.22. The van der Waals surface area contributed by atoms with Crippen LogP contribution in [-0.4, -0.2) is 32.6 Å². The third-order valence-electron chi connectivity index (χ3n) is 3.85. The van der Waals surface area contributed by atoms with Gasteiger partial charge in [-0.2, -0.15) is 5.10 Å². The molecule has 0 saturated carbocycles. The number of nitrogens with one attached hydrogen (secondary N) is 1. The van der Waals surface area contributed by atoms with E-state index in [9.17, 15) is 19.7 Å². The first-order chi connectivity index (χ1) is 11.7. The van der Waals surface area contributed by atoms with Gasteiger partial charge in [0.05, 0.1) is 11.5 Å². The summed E-state index contributed by atoms with van der Waals surface area (Å²) >= 11 is 0. The highest BCUT2D eigenvalue weighted by Gasteiger charge is 2.21. The van der Waals surface area contributed by atoms with Gasteiger partial charge in [-0.25, -0.2) is 0 Å². The van der Waals surface area contributed by atoms with Crippen molar-refractivity contribution in [1.29, 1.82) is 0 Å². The number of hydrogen-bond donors (Lipinski definition) is 2. The van der Waals surface area contributed by atoms with Gasteiger partial charge >= 0.3 is 5.69 Å². The lowest BCUT2D eigenvalue weighted by Gasteiger charge is -2.10. The van der Waals surface area contributed by atoms with E-state index in [1.807, 2.05) is 0 Å². The Morgan fingerprint density at radius 1 is 1.32 bits per heavy atom. The van der Waals surface area contributed by atoms with Crippen LogP contribution in [0.4, 0.5) is 5.69 Å². The molecule has 1 heterocycles. The van der Waals surface area contributed by atoms with Crippen molar-refractivity contribution in [2.75, 3.05) is 0 Å². The molecule has 0 aliphatic rings. The molecule has 0 spiro atoms. The fourth-order valence-corrected chi connectivity index (χ4v) is 2.39. The summed E-state index contributed by atoms with van der Waals surface area (Å²) in [7, 11) is 0. The van der Waals surface area contributed by atoms with E-state index in [0.717, 1.165) is 5.56 Å². The molecular weight excluding hydrogens is 326 g/mol. The van der Waals surface area contributed by atoms with Crippen LogP contribution in [0.2, 0.25) is 0 Å². The number of nitrogens with zero attached hydrogens (tertiary/aromatic N) is 3. The van der Waals surface area contributed by atoms with Gasteiger partial charge < -0.3 is 11.1 Å². The zero-order valence-electron chi connectivity index (χ0n) is 14.1. The minimum absolute atomic E-state index is 0.0106. The molecule has 0 aliphatic heterocycles. The predicted molar refractivity (Wildman–Crippen MR) is 90.0 cm³/mol. The Hall–Kier alpha value is -3.23. The number of amides is 2. The lowest BCUT2D eigenvalue weighted by molar-refractivity contribution is -0.386. The maximum atomic E-state index is 12.0. The van der Waals surface area contributed by atoms with Crippen molar-refractivity contribution in [2.24, 2.45) is 5.73 Å². The van der Waals surface area contributed by atoms with E-state index in [1.165, 1.54) is 6.92 Å². The van der Waals surface area contributed by atoms with E-state index in [-0.39, 0.29) is 5.69 Å². The van der Waals surface area contributed by atoms with Gasteiger partial charge in [0.25, 0.3) is 5.91 Å². The van der Waals surface area contributed by atoms with Gasteiger partial charge in [0.1, 0.15) is 17.4 Å². The summed E-state index contributed by atoms with van der Waals surface area (Å²) in [5.41, 5.74) is 7.17. The quantitative estimate of drug-likeness (QED) is 0.596. The number of nitro groups is 1. The maximum absolute atomic E-state index is 12.0. The summed E-state index contributed by atoms with van der Waals surface area (Å²) in [5, 5.41) is 17.7. The molecule has 9 nitrogen and oxygen atoms in total. The molecule has 25 heavy (non-hydrogen) atoms. The fraction of sp³-hybridized carbons (Fsp3) is 0.312. The standard InChI is InChI=1S/C16H19N5O4/c1-9-14(21(24)25)11(3)20(19-9)8-12-4-6-13(7-5-12)16(23)18-10(2)15(17)22/h4-7,10H,8H2,1-3H3,(H2,17,22)(H,18,23). The Labute approximate surface area is 144 Å². The van der Waals surface area contributed by atoms with Gasteiger partial charge in [0.2, 0.25) is 5.91 Å².